The number of benzene rings is 3. The predicted octanol–water partition coefficient (Wildman–Crippen LogP) is 5.08. The molecule has 4 rings (SSSR count). The van der Waals surface area contributed by atoms with Crippen molar-refractivity contribution >= 4 is 29.2 Å². The molecule has 3 aromatic carbocycles. The summed E-state index contributed by atoms with van der Waals surface area (Å²) in [6.45, 7) is 11.3. The van der Waals surface area contributed by atoms with E-state index in [1.807, 2.05) is 17.7 Å². The molecule has 29 heavy (non-hydrogen) atoms. The van der Waals surface area contributed by atoms with Crippen LogP contribution in [0.25, 0.3) is 22.0 Å². The standard InChI is InChI=1S/C27H30NSi/c1-19-16-20(2)21(3)26(17-19)27-25-13-12-24(18-22(25)14-15-28(27)4)29(5,6)23-10-8-7-9-11-23/h7-18H,1-6H3/q+1/i15D. The number of aromatic nitrogens is 1. The van der Waals surface area contributed by atoms with Crippen LogP contribution in [0.15, 0.2) is 72.9 Å². The fourth-order valence-electron chi connectivity index (χ4n) is 4.33. The molecule has 0 saturated heterocycles. The van der Waals surface area contributed by atoms with Gasteiger partial charge < -0.3 is 0 Å². The van der Waals surface area contributed by atoms with Gasteiger partial charge in [0, 0.05) is 6.07 Å². The number of hydrogen-bond acceptors (Lipinski definition) is 0. The Hall–Kier alpha value is -2.71. The smallest absolute Gasteiger partial charge is 0.200 e. The summed E-state index contributed by atoms with van der Waals surface area (Å²) in [5.74, 6) is 0. The van der Waals surface area contributed by atoms with Gasteiger partial charge in [0.2, 0.25) is 5.69 Å². The van der Waals surface area contributed by atoms with Crippen LogP contribution < -0.4 is 14.9 Å². The first-order valence-corrected chi connectivity index (χ1v) is 13.3. The minimum absolute atomic E-state index is 0.535. The highest BCUT2D eigenvalue weighted by Crippen LogP contribution is 2.30. The second-order valence-corrected chi connectivity index (χ2v) is 13.1. The van der Waals surface area contributed by atoms with Crippen molar-refractivity contribution < 1.29 is 5.94 Å². The summed E-state index contributed by atoms with van der Waals surface area (Å²) in [4.78, 5) is 0. The molecule has 4 aromatic rings. The number of pyridine rings is 1. The second kappa shape index (κ2) is 7.27. The Morgan fingerprint density at radius 2 is 1.55 bits per heavy atom. The minimum atomic E-state index is -1.80. The molecule has 0 spiro atoms. The average molecular weight is 398 g/mol. The fraction of sp³-hybridized carbons (Fsp3) is 0.222. The van der Waals surface area contributed by atoms with Gasteiger partial charge in [0.05, 0.1) is 10.9 Å². The summed E-state index contributed by atoms with van der Waals surface area (Å²) < 4.78 is 10.7. The van der Waals surface area contributed by atoms with E-state index < -0.39 is 8.07 Å². The first-order valence-electron chi connectivity index (χ1n) is 10.8. The van der Waals surface area contributed by atoms with Crippen LogP contribution in [-0.4, -0.2) is 8.07 Å². The molecule has 0 unspecified atom stereocenters. The lowest BCUT2D eigenvalue weighted by molar-refractivity contribution is -0.659. The number of hydrogen-bond donors (Lipinski definition) is 0. The van der Waals surface area contributed by atoms with Crippen molar-refractivity contribution in [2.24, 2.45) is 7.05 Å². The highest BCUT2D eigenvalue weighted by Gasteiger charge is 2.27. The van der Waals surface area contributed by atoms with E-state index in [0.717, 1.165) is 11.1 Å². The molecule has 0 N–H and O–H groups in total. The van der Waals surface area contributed by atoms with E-state index in [2.05, 4.69) is 94.5 Å². The summed E-state index contributed by atoms with van der Waals surface area (Å²) in [6, 6.07) is 24.3. The fourth-order valence-corrected chi connectivity index (χ4v) is 6.71. The third-order valence-corrected chi connectivity index (χ3v) is 9.87. The van der Waals surface area contributed by atoms with Crippen molar-refractivity contribution in [1.29, 1.82) is 0 Å². The summed E-state index contributed by atoms with van der Waals surface area (Å²) in [6.07, 6.45) is 0.535. The molecule has 0 aliphatic heterocycles. The minimum Gasteiger partial charge on any atom is -0.200 e. The van der Waals surface area contributed by atoms with E-state index in [1.54, 1.807) is 0 Å². The lowest BCUT2D eigenvalue weighted by atomic mass is 9.94. The molecule has 1 heterocycles. The van der Waals surface area contributed by atoms with Crippen molar-refractivity contribution in [3.8, 4) is 11.3 Å². The van der Waals surface area contributed by atoms with Gasteiger partial charge in [-0.3, -0.25) is 0 Å². The first kappa shape index (κ1) is 18.3. The lowest BCUT2D eigenvalue weighted by Crippen LogP contribution is -2.52. The topological polar surface area (TPSA) is 3.88 Å². The van der Waals surface area contributed by atoms with E-state index in [0.29, 0.717) is 6.17 Å². The van der Waals surface area contributed by atoms with E-state index in [-0.39, 0.29) is 0 Å². The summed E-state index contributed by atoms with van der Waals surface area (Å²) in [5, 5.41) is 5.20. The van der Waals surface area contributed by atoms with Crippen LogP contribution in [0.3, 0.4) is 0 Å². The molecular weight excluding hydrogens is 366 g/mol. The molecular formula is C27H30NSi+. The Kier molecular flexibility index (Phi) is 4.60. The monoisotopic (exact) mass is 397 g/mol. The largest absolute Gasteiger partial charge is 0.220 e. The molecule has 0 radical (unpaired) electrons. The number of aryl methyl sites for hydroxylation is 2. The van der Waals surface area contributed by atoms with Gasteiger partial charge in [0.15, 0.2) is 6.17 Å². The Morgan fingerprint density at radius 3 is 2.28 bits per heavy atom. The maximum absolute atomic E-state index is 8.63. The Morgan fingerprint density at radius 1 is 0.828 bits per heavy atom. The first-order chi connectivity index (χ1) is 14.2. The zero-order chi connectivity index (χ0) is 21.6. The molecule has 0 fully saturated rings. The molecule has 0 aliphatic carbocycles. The van der Waals surface area contributed by atoms with Gasteiger partial charge in [-0.2, -0.15) is 0 Å². The molecule has 146 valence electrons. The van der Waals surface area contributed by atoms with E-state index in [4.69, 9.17) is 1.37 Å². The van der Waals surface area contributed by atoms with Crippen LogP contribution in [0.4, 0.5) is 0 Å². The van der Waals surface area contributed by atoms with Crippen LogP contribution in [-0.2, 0) is 7.05 Å². The van der Waals surface area contributed by atoms with E-state index in [1.165, 1.54) is 38.0 Å². The van der Waals surface area contributed by atoms with Crippen LogP contribution >= 0.6 is 0 Å². The van der Waals surface area contributed by atoms with Crippen molar-refractivity contribution in [3.63, 3.8) is 0 Å². The van der Waals surface area contributed by atoms with Crippen molar-refractivity contribution in [2.75, 3.05) is 0 Å². The van der Waals surface area contributed by atoms with Gasteiger partial charge in [-0.15, -0.1) is 0 Å². The maximum Gasteiger partial charge on any atom is 0.220 e. The van der Waals surface area contributed by atoms with Gasteiger partial charge in [-0.1, -0.05) is 77.6 Å². The highest BCUT2D eigenvalue weighted by atomic mass is 28.3. The predicted molar refractivity (Wildman–Crippen MR) is 128 cm³/mol. The molecule has 1 aromatic heterocycles. The zero-order valence-electron chi connectivity index (χ0n) is 19.3. The SMILES string of the molecule is [2H]c1cc2cc([Si](C)(C)c3ccccc3)ccc2c(-c2cc(C)cc(C)c2C)[n+]1C. The molecule has 0 amide bonds. The van der Waals surface area contributed by atoms with Crippen LogP contribution in [0.2, 0.25) is 13.1 Å². The number of nitrogens with zero attached hydrogens (tertiary/aromatic N) is 1. The number of rotatable bonds is 3. The van der Waals surface area contributed by atoms with Gasteiger partial charge in [-0.05, 0) is 49.4 Å². The lowest BCUT2D eigenvalue weighted by Gasteiger charge is -2.24. The van der Waals surface area contributed by atoms with Crippen molar-refractivity contribution in [1.82, 2.24) is 0 Å². The molecule has 2 heteroatoms. The van der Waals surface area contributed by atoms with Gasteiger partial charge in [-0.25, -0.2) is 4.57 Å². The van der Waals surface area contributed by atoms with Crippen LogP contribution in [0.1, 0.15) is 18.1 Å². The second-order valence-electron chi connectivity index (χ2n) is 8.73. The van der Waals surface area contributed by atoms with Gasteiger partial charge >= 0.3 is 0 Å². The molecule has 0 bridgehead atoms. The molecule has 0 aliphatic rings. The molecule has 0 saturated carbocycles. The quantitative estimate of drug-likeness (QED) is 0.335. The Labute approximate surface area is 177 Å². The van der Waals surface area contributed by atoms with E-state index in [9.17, 15) is 0 Å². The normalized spacial score (nSPS) is 12.3. The Bertz CT molecular complexity index is 1260. The molecule has 1 nitrogen and oxygen atoms in total. The maximum atomic E-state index is 8.63. The average Bonchev–Trinajstić information content (AvgIpc) is 2.72. The van der Waals surface area contributed by atoms with Crippen molar-refractivity contribution in [2.45, 2.75) is 33.9 Å². The van der Waals surface area contributed by atoms with Gasteiger partial charge in [0.25, 0.3) is 0 Å². The summed E-state index contributed by atoms with van der Waals surface area (Å²) in [7, 11) is 0.208. The summed E-state index contributed by atoms with van der Waals surface area (Å²) in [5.41, 5.74) is 6.19. The van der Waals surface area contributed by atoms with Gasteiger partial charge in [0.1, 0.15) is 16.5 Å². The number of fused-ring (bicyclic) bond motifs is 1. The van der Waals surface area contributed by atoms with Crippen LogP contribution in [0.5, 0.6) is 0 Å². The Balaban J connectivity index is 1.98. The van der Waals surface area contributed by atoms with E-state index >= 15 is 0 Å². The zero-order valence-corrected chi connectivity index (χ0v) is 19.3. The van der Waals surface area contributed by atoms with Crippen molar-refractivity contribution in [3.05, 3.63) is 89.6 Å². The highest BCUT2D eigenvalue weighted by molar-refractivity contribution is 7.00. The summed E-state index contributed by atoms with van der Waals surface area (Å²) >= 11 is 0. The third-order valence-electron chi connectivity index (χ3n) is 6.34. The van der Waals surface area contributed by atoms with Crippen LogP contribution in [0, 0.1) is 20.8 Å². The third kappa shape index (κ3) is 3.42. The molecule has 0 atom stereocenters.